The zero-order valence-corrected chi connectivity index (χ0v) is 15.6. The lowest BCUT2D eigenvalue weighted by molar-refractivity contribution is 0.102. The first kappa shape index (κ1) is 15.6. The third kappa shape index (κ3) is 2.60. The van der Waals surface area contributed by atoms with Gasteiger partial charge in [0.1, 0.15) is 11.5 Å². The summed E-state index contributed by atoms with van der Waals surface area (Å²) in [5.41, 5.74) is 2.39. The number of thiazole rings is 2. The van der Waals surface area contributed by atoms with Crippen molar-refractivity contribution in [3.05, 3.63) is 35.3 Å². The van der Waals surface area contributed by atoms with Gasteiger partial charge in [-0.2, -0.15) is 0 Å². The van der Waals surface area contributed by atoms with Crippen molar-refractivity contribution in [1.29, 1.82) is 0 Å². The zero-order chi connectivity index (χ0) is 16.8. The van der Waals surface area contributed by atoms with Crippen molar-refractivity contribution in [2.45, 2.75) is 18.2 Å². The lowest BCUT2D eigenvalue weighted by atomic mass is 10.2. The average Bonchev–Trinajstić information content (AvgIpc) is 3.21. The summed E-state index contributed by atoms with van der Waals surface area (Å²) in [7, 11) is 0. The number of aromatic nitrogens is 2. The maximum Gasteiger partial charge on any atom is 0.260 e. The Kier molecular flexibility index (Phi) is 3.82. The number of hydrogen-bond acceptors (Lipinski definition) is 7. The molecule has 0 aliphatic rings. The molecule has 4 rings (SSSR count). The summed E-state index contributed by atoms with van der Waals surface area (Å²) >= 11 is 4.76. The molecule has 5 nitrogen and oxygen atoms in total. The molecule has 0 bridgehead atoms. The molecule has 1 N–H and O–H groups in total. The van der Waals surface area contributed by atoms with Crippen LogP contribution in [0.1, 0.15) is 21.9 Å². The molecule has 4 aromatic rings. The summed E-state index contributed by atoms with van der Waals surface area (Å²) in [4.78, 5) is 21.5. The standard InChI is InChI=1S/C16H13N3O2S3/c1-7-6-9(8(2)21-7)14(20)19-15-17-10-4-5-11-13(12(10)23-15)24-16(18-11)22-3/h4-6H,1-3H3,(H,17,19,20). The molecule has 1 amide bonds. The molecule has 0 aliphatic carbocycles. The van der Waals surface area contributed by atoms with Gasteiger partial charge in [0.25, 0.3) is 5.91 Å². The summed E-state index contributed by atoms with van der Waals surface area (Å²) < 4.78 is 8.62. The van der Waals surface area contributed by atoms with Crippen molar-refractivity contribution >= 4 is 65.9 Å². The first-order valence-electron chi connectivity index (χ1n) is 7.17. The minimum atomic E-state index is -0.200. The number of aryl methyl sites for hydroxylation is 2. The van der Waals surface area contributed by atoms with E-state index in [2.05, 4.69) is 15.3 Å². The normalized spacial score (nSPS) is 11.5. The largest absolute Gasteiger partial charge is 0.466 e. The van der Waals surface area contributed by atoms with E-state index in [1.807, 2.05) is 25.3 Å². The number of hydrogen-bond donors (Lipinski definition) is 1. The molecule has 24 heavy (non-hydrogen) atoms. The van der Waals surface area contributed by atoms with E-state index in [4.69, 9.17) is 4.42 Å². The van der Waals surface area contributed by atoms with Gasteiger partial charge in [-0.1, -0.05) is 23.1 Å². The van der Waals surface area contributed by atoms with E-state index in [0.29, 0.717) is 16.5 Å². The van der Waals surface area contributed by atoms with Crippen molar-refractivity contribution < 1.29 is 9.21 Å². The lowest BCUT2D eigenvalue weighted by Crippen LogP contribution is -2.11. The van der Waals surface area contributed by atoms with Crippen molar-refractivity contribution in [2.75, 3.05) is 11.6 Å². The van der Waals surface area contributed by atoms with Crippen molar-refractivity contribution in [3.8, 4) is 0 Å². The minimum absolute atomic E-state index is 0.200. The molecule has 1 aromatic carbocycles. The first-order chi connectivity index (χ1) is 11.5. The smallest absolute Gasteiger partial charge is 0.260 e. The van der Waals surface area contributed by atoms with Gasteiger partial charge in [-0.15, -0.1) is 11.3 Å². The van der Waals surface area contributed by atoms with Gasteiger partial charge in [0, 0.05) is 0 Å². The van der Waals surface area contributed by atoms with Crippen LogP contribution in [0.2, 0.25) is 0 Å². The highest BCUT2D eigenvalue weighted by atomic mass is 32.2. The van der Waals surface area contributed by atoms with Crippen LogP contribution in [0, 0.1) is 13.8 Å². The summed E-state index contributed by atoms with van der Waals surface area (Å²) in [6.07, 6.45) is 2.02. The Hall–Kier alpha value is -1.90. The molecule has 3 aromatic heterocycles. The molecular weight excluding hydrogens is 362 g/mol. The predicted molar refractivity (Wildman–Crippen MR) is 101 cm³/mol. The van der Waals surface area contributed by atoms with Crippen LogP contribution in [-0.4, -0.2) is 22.1 Å². The summed E-state index contributed by atoms with van der Waals surface area (Å²) in [5.74, 6) is 1.13. The van der Waals surface area contributed by atoms with Gasteiger partial charge in [0.05, 0.1) is 26.0 Å². The number of anilines is 1. The Labute approximate surface area is 150 Å². The SMILES string of the molecule is CSc1nc2ccc3nc(NC(=O)c4cc(C)oc4C)sc3c2s1. The van der Waals surface area contributed by atoms with Crippen molar-refractivity contribution in [2.24, 2.45) is 0 Å². The Morgan fingerprint density at radius 3 is 2.54 bits per heavy atom. The fourth-order valence-corrected chi connectivity index (χ4v) is 5.17. The molecule has 0 unspecified atom stereocenters. The van der Waals surface area contributed by atoms with Crippen LogP contribution in [0.5, 0.6) is 0 Å². The number of rotatable bonds is 3. The fraction of sp³-hybridized carbons (Fsp3) is 0.188. The van der Waals surface area contributed by atoms with E-state index in [0.717, 1.165) is 30.5 Å². The molecular formula is C16H13N3O2S3. The van der Waals surface area contributed by atoms with Crippen LogP contribution in [0.25, 0.3) is 20.4 Å². The van der Waals surface area contributed by atoms with Gasteiger partial charge in [0.2, 0.25) is 0 Å². The minimum Gasteiger partial charge on any atom is -0.466 e. The van der Waals surface area contributed by atoms with E-state index in [9.17, 15) is 4.79 Å². The zero-order valence-electron chi connectivity index (χ0n) is 13.2. The van der Waals surface area contributed by atoms with Crippen LogP contribution < -0.4 is 5.32 Å². The number of carbonyl (C=O) groups excluding carboxylic acids is 1. The van der Waals surface area contributed by atoms with Gasteiger partial charge in [0.15, 0.2) is 9.47 Å². The summed E-state index contributed by atoms with van der Waals surface area (Å²) in [6.45, 7) is 3.61. The Balaban J connectivity index is 1.72. The van der Waals surface area contributed by atoms with E-state index in [1.54, 1.807) is 36.1 Å². The second kappa shape index (κ2) is 5.87. The number of nitrogens with zero attached hydrogens (tertiary/aromatic N) is 2. The lowest BCUT2D eigenvalue weighted by Gasteiger charge is -1.98. The number of fused-ring (bicyclic) bond motifs is 3. The van der Waals surface area contributed by atoms with Crippen molar-refractivity contribution in [3.63, 3.8) is 0 Å². The Bertz CT molecular complexity index is 1080. The fourth-order valence-electron chi connectivity index (χ4n) is 2.51. The van der Waals surface area contributed by atoms with Gasteiger partial charge < -0.3 is 4.42 Å². The number of amides is 1. The number of furan rings is 1. The van der Waals surface area contributed by atoms with Gasteiger partial charge in [-0.05, 0) is 38.3 Å². The summed E-state index contributed by atoms with van der Waals surface area (Å²) in [6, 6.07) is 5.66. The maximum atomic E-state index is 12.4. The second-order valence-electron chi connectivity index (χ2n) is 5.25. The molecule has 0 aliphatic heterocycles. The quantitative estimate of drug-likeness (QED) is 0.505. The highest BCUT2D eigenvalue weighted by molar-refractivity contribution is 8.00. The highest BCUT2D eigenvalue weighted by Gasteiger charge is 2.17. The molecule has 0 spiro atoms. The van der Waals surface area contributed by atoms with Gasteiger partial charge in [-0.25, -0.2) is 9.97 Å². The average molecular weight is 376 g/mol. The second-order valence-corrected chi connectivity index (χ2v) is 8.30. The predicted octanol–water partition coefficient (Wildman–Crippen LogP) is 5.09. The van der Waals surface area contributed by atoms with Gasteiger partial charge in [-0.3, -0.25) is 10.1 Å². The maximum absolute atomic E-state index is 12.4. The van der Waals surface area contributed by atoms with Crippen LogP contribution >= 0.6 is 34.4 Å². The number of nitrogens with one attached hydrogen (secondary N) is 1. The number of benzene rings is 1. The molecule has 0 saturated heterocycles. The molecule has 0 atom stereocenters. The molecule has 8 heteroatoms. The molecule has 3 heterocycles. The highest BCUT2D eigenvalue weighted by Crippen LogP contribution is 2.38. The van der Waals surface area contributed by atoms with E-state index in [-0.39, 0.29) is 5.91 Å². The third-order valence-corrected chi connectivity index (χ3v) is 6.78. The molecule has 0 saturated carbocycles. The Morgan fingerprint density at radius 2 is 1.88 bits per heavy atom. The summed E-state index contributed by atoms with van der Waals surface area (Å²) in [5, 5.41) is 3.46. The van der Waals surface area contributed by atoms with Crippen LogP contribution in [-0.2, 0) is 0 Å². The first-order valence-corrected chi connectivity index (χ1v) is 10.0. The van der Waals surface area contributed by atoms with Gasteiger partial charge >= 0.3 is 0 Å². The topological polar surface area (TPSA) is 68.0 Å². The van der Waals surface area contributed by atoms with E-state index < -0.39 is 0 Å². The number of thioether (sulfide) groups is 1. The third-order valence-electron chi connectivity index (χ3n) is 3.57. The van der Waals surface area contributed by atoms with Crippen LogP contribution in [0.4, 0.5) is 5.13 Å². The van der Waals surface area contributed by atoms with E-state index in [1.165, 1.54) is 11.3 Å². The molecule has 0 radical (unpaired) electrons. The van der Waals surface area contributed by atoms with Crippen molar-refractivity contribution in [1.82, 2.24) is 9.97 Å². The molecule has 122 valence electrons. The van der Waals surface area contributed by atoms with E-state index >= 15 is 0 Å². The van der Waals surface area contributed by atoms with Crippen LogP contribution in [0.3, 0.4) is 0 Å². The van der Waals surface area contributed by atoms with Crippen LogP contribution in [0.15, 0.2) is 27.0 Å². The monoisotopic (exact) mass is 375 g/mol. The Morgan fingerprint density at radius 1 is 1.17 bits per heavy atom. The number of carbonyl (C=O) groups is 1. The molecule has 0 fully saturated rings.